The Morgan fingerprint density at radius 1 is 0.643 bits per heavy atom. The van der Waals surface area contributed by atoms with Gasteiger partial charge < -0.3 is 59.0 Å². The van der Waals surface area contributed by atoms with E-state index in [2.05, 4.69) is 47.5 Å². The summed E-state index contributed by atoms with van der Waals surface area (Å²) in [5.74, 6) is -0.0192. The highest BCUT2D eigenvalue weighted by atomic mass is 16.2. The van der Waals surface area contributed by atoms with Gasteiger partial charge in [-0.15, -0.1) is 0 Å². The maximum absolute atomic E-state index is 13.4. The number of urea groups is 3. The number of hydrogen-bond donors (Lipinski definition) is 11. The highest BCUT2D eigenvalue weighted by Crippen LogP contribution is 2.19. The smallest absolute Gasteiger partial charge is 0.315 e. The van der Waals surface area contributed by atoms with E-state index < -0.39 is 24.1 Å². The number of nitrogens with one attached hydrogen (secondary N) is 9. The van der Waals surface area contributed by atoms with Gasteiger partial charge >= 0.3 is 18.1 Å². The number of carbonyl (C=O) groups excluding carboxylic acids is 5. The first-order chi connectivity index (χ1) is 26.7. The lowest BCUT2D eigenvalue weighted by molar-refractivity contribution is -0.122. The van der Waals surface area contributed by atoms with Crippen molar-refractivity contribution in [1.29, 1.82) is 0 Å². The topological polar surface area (TPSA) is 249 Å². The second kappa shape index (κ2) is 26.3. The van der Waals surface area contributed by atoms with Gasteiger partial charge in [-0.2, -0.15) is 0 Å². The van der Waals surface area contributed by atoms with E-state index in [0.717, 1.165) is 48.6 Å². The number of fused-ring (bicyclic) bond motifs is 1. The highest BCUT2D eigenvalue weighted by Gasteiger charge is 2.22. The monoisotopic (exact) mass is 786 g/mol. The quantitative estimate of drug-likeness (QED) is 0.0636. The lowest BCUT2D eigenvalue weighted by atomic mass is 9.99. The number of aromatic nitrogens is 1. The van der Waals surface area contributed by atoms with E-state index in [-0.39, 0.29) is 73.9 Å². The summed E-state index contributed by atoms with van der Waals surface area (Å²) in [6, 6.07) is 5.37. The van der Waals surface area contributed by atoms with Crippen LogP contribution in [0.15, 0.2) is 30.5 Å². The number of benzene rings is 1. The van der Waals surface area contributed by atoms with Gasteiger partial charge in [0.1, 0.15) is 0 Å². The standard InChI is InChI=1S/C40H71N11O5/c1-26(2)34(17-18-37(53)47-28(5)13-9-11-19-41)51-40(56)45-24-32(21-30-22-43-35-16-8-7-15-33(30)35)50-38(54)44-23-31(14-10-12-20-42)49-39(55)46-25-36(27(3)4)48-29(6)52/h7-8,15-16,22,26-28,31-32,34,36,43H,9-14,17-21,23-25,41-42H2,1-6H3,(H,47,53)(H,48,52)(H2,44,50,54)(H2,45,51,56)(H2,46,49,55)/t28-,31+,32+,34-,36-/m1/s1. The molecule has 316 valence electrons. The van der Waals surface area contributed by atoms with E-state index in [1.165, 1.54) is 6.92 Å². The Morgan fingerprint density at radius 2 is 1.21 bits per heavy atom. The Hall–Kier alpha value is -4.57. The first-order valence-corrected chi connectivity index (χ1v) is 20.4. The van der Waals surface area contributed by atoms with Crippen molar-refractivity contribution in [3.05, 3.63) is 36.0 Å². The molecule has 0 bridgehead atoms. The predicted molar refractivity (Wildman–Crippen MR) is 223 cm³/mol. The first kappa shape index (κ1) is 47.6. The summed E-state index contributed by atoms with van der Waals surface area (Å²) < 4.78 is 0. The molecule has 5 atom stereocenters. The summed E-state index contributed by atoms with van der Waals surface area (Å²) in [4.78, 5) is 67.0. The van der Waals surface area contributed by atoms with Crippen LogP contribution in [0.3, 0.4) is 0 Å². The average molecular weight is 786 g/mol. The second-order valence-corrected chi connectivity index (χ2v) is 15.5. The fourth-order valence-corrected chi connectivity index (χ4v) is 6.41. The molecule has 13 N–H and O–H groups in total. The Labute approximate surface area is 333 Å². The molecule has 0 aliphatic carbocycles. The SMILES string of the molecule is CC(=O)N[C@H](CNC(=O)N[C@@H](CCCCN)CNC(=O)N[C@H](CNC(=O)N[C@H](CCC(=O)N[C@H](C)CCCCN)C(C)C)Cc1c[nH]c2ccccc12)C(C)C. The molecule has 0 unspecified atom stereocenters. The van der Waals surface area contributed by atoms with Crippen LogP contribution in [-0.2, 0) is 16.0 Å². The summed E-state index contributed by atoms with van der Waals surface area (Å²) in [6.07, 6.45) is 7.97. The molecule has 0 radical (unpaired) electrons. The van der Waals surface area contributed by atoms with E-state index in [4.69, 9.17) is 11.5 Å². The number of amides is 8. The molecule has 16 nitrogen and oxygen atoms in total. The minimum absolute atomic E-state index is 0.0497. The molecule has 0 aliphatic rings. The maximum Gasteiger partial charge on any atom is 0.315 e. The number of unbranched alkanes of at least 4 members (excludes halogenated alkanes) is 2. The molecular formula is C40H71N11O5. The minimum Gasteiger partial charge on any atom is -0.361 e. The van der Waals surface area contributed by atoms with Crippen molar-refractivity contribution in [3.63, 3.8) is 0 Å². The average Bonchev–Trinajstić information content (AvgIpc) is 3.55. The van der Waals surface area contributed by atoms with Crippen LogP contribution in [0.25, 0.3) is 10.9 Å². The van der Waals surface area contributed by atoms with Crippen molar-refractivity contribution in [2.75, 3.05) is 32.7 Å². The van der Waals surface area contributed by atoms with Gasteiger partial charge in [-0.3, -0.25) is 9.59 Å². The van der Waals surface area contributed by atoms with Gasteiger partial charge in [0.25, 0.3) is 0 Å². The predicted octanol–water partition coefficient (Wildman–Crippen LogP) is 3.07. The largest absolute Gasteiger partial charge is 0.361 e. The van der Waals surface area contributed by atoms with Crippen molar-refractivity contribution < 1.29 is 24.0 Å². The molecule has 16 heteroatoms. The van der Waals surface area contributed by atoms with Crippen LogP contribution in [0, 0.1) is 11.8 Å². The van der Waals surface area contributed by atoms with Crippen LogP contribution in [0.1, 0.15) is 98.5 Å². The molecule has 0 spiro atoms. The summed E-state index contributed by atoms with van der Waals surface area (Å²) >= 11 is 0. The van der Waals surface area contributed by atoms with Crippen molar-refractivity contribution >= 4 is 40.8 Å². The fourth-order valence-electron chi connectivity index (χ4n) is 6.41. The first-order valence-electron chi connectivity index (χ1n) is 20.4. The minimum atomic E-state index is -0.488. The fraction of sp³-hybridized carbons (Fsp3) is 0.675. The molecule has 0 saturated heterocycles. The summed E-state index contributed by atoms with van der Waals surface area (Å²) in [5.41, 5.74) is 13.2. The van der Waals surface area contributed by atoms with Crippen LogP contribution in [0.5, 0.6) is 0 Å². The number of aromatic amines is 1. The Kier molecular flexibility index (Phi) is 22.4. The Morgan fingerprint density at radius 3 is 1.84 bits per heavy atom. The maximum atomic E-state index is 13.4. The molecule has 0 aliphatic heterocycles. The molecule has 2 rings (SSSR count). The molecular weight excluding hydrogens is 715 g/mol. The van der Waals surface area contributed by atoms with Gasteiger partial charge in [0, 0.05) is 74.2 Å². The molecule has 56 heavy (non-hydrogen) atoms. The zero-order chi connectivity index (χ0) is 41.5. The molecule has 0 saturated carbocycles. The van der Waals surface area contributed by atoms with E-state index in [0.29, 0.717) is 32.4 Å². The molecule has 1 aromatic heterocycles. The van der Waals surface area contributed by atoms with Crippen LogP contribution >= 0.6 is 0 Å². The summed E-state index contributed by atoms with van der Waals surface area (Å²) in [6.45, 7) is 13.1. The normalized spacial score (nSPS) is 14.0. The zero-order valence-corrected chi connectivity index (χ0v) is 34.5. The van der Waals surface area contributed by atoms with Gasteiger partial charge in [0.2, 0.25) is 11.8 Å². The lowest BCUT2D eigenvalue weighted by Crippen LogP contribution is -2.54. The number of nitrogens with two attached hydrogens (primary N) is 2. The molecule has 1 heterocycles. The zero-order valence-electron chi connectivity index (χ0n) is 34.5. The van der Waals surface area contributed by atoms with E-state index in [1.54, 1.807) is 0 Å². The van der Waals surface area contributed by atoms with Crippen molar-refractivity contribution in [1.82, 2.24) is 47.5 Å². The highest BCUT2D eigenvalue weighted by molar-refractivity contribution is 5.83. The Balaban J connectivity index is 2.04. The van der Waals surface area contributed by atoms with E-state index in [1.807, 2.05) is 65.1 Å². The van der Waals surface area contributed by atoms with Crippen LogP contribution < -0.4 is 54.0 Å². The number of carbonyl (C=O) groups is 5. The lowest BCUT2D eigenvalue weighted by Gasteiger charge is -2.25. The van der Waals surface area contributed by atoms with E-state index >= 15 is 0 Å². The van der Waals surface area contributed by atoms with Crippen LogP contribution in [0.4, 0.5) is 14.4 Å². The van der Waals surface area contributed by atoms with Crippen molar-refractivity contribution in [2.24, 2.45) is 23.3 Å². The number of H-pyrrole nitrogens is 1. The number of para-hydroxylation sites is 1. The van der Waals surface area contributed by atoms with Gasteiger partial charge in [-0.25, -0.2) is 14.4 Å². The summed E-state index contributed by atoms with van der Waals surface area (Å²) in [7, 11) is 0. The number of hydrogen-bond acceptors (Lipinski definition) is 7. The molecule has 8 amide bonds. The van der Waals surface area contributed by atoms with Gasteiger partial charge in [-0.1, -0.05) is 58.7 Å². The van der Waals surface area contributed by atoms with E-state index in [9.17, 15) is 24.0 Å². The van der Waals surface area contributed by atoms with Crippen LogP contribution in [-0.4, -0.2) is 97.8 Å². The van der Waals surface area contributed by atoms with Crippen molar-refractivity contribution in [2.45, 2.75) is 130 Å². The molecule has 0 fully saturated rings. The second-order valence-electron chi connectivity index (χ2n) is 15.5. The van der Waals surface area contributed by atoms with Gasteiger partial charge in [0.15, 0.2) is 0 Å². The van der Waals surface area contributed by atoms with Crippen molar-refractivity contribution in [3.8, 4) is 0 Å². The van der Waals surface area contributed by atoms with Gasteiger partial charge in [-0.05, 0) is 82.0 Å². The molecule has 2 aromatic rings. The molecule has 1 aromatic carbocycles. The summed E-state index contributed by atoms with van der Waals surface area (Å²) in [5, 5.41) is 24.6. The van der Waals surface area contributed by atoms with Crippen LogP contribution in [0.2, 0.25) is 0 Å². The third-order valence-electron chi connectivity index (χ3n) is 9.81. The third kappa shape index (κ3) is 19.3. The van der Waals surface area contributed by atoms with Gasteiger partial charge in [0.05, 0.1) is 6.04 Å². The third-order valence-corrected chi connectivity index (χ3v) is 9.81. The Bertz CT molecular complexity index is 1480. The number of rotatable bonds is 26.